The fourth-order valence-electron chi connectivity index (χ4n) is 3.77. The Morgan fingerprint density at radius 2 is 1.73 bits per heavy atom. The average Bonchev–Trinajstić information content (AvgIpc) is 2.65. The molecule has 2 atom stereocenters. The quantitative estimate of drug-likeness (QED) is 0.835. The van der Waals surface area contributed by atoms with E-state index in [0.29, 0.717) is 13.0 Å². The summed E-state index contributed by atoms with van der Waals surface area (Å²) in [6.45, 7) is 5.46. The van der Waals surface area contributed by atoms with Crippen LogP contribution < -0.4 is 4.74 Å². The Balaban J connectivity index is 2.00. The fourth-order valence-corrected chi connectivity index (χ4v) is 3.77. The second kappa shape index (κ2) is 8.37. The van der Waals surface area contributed by atoms with Crippen LogP contribution in [0.1, 0.15) is 48.9 Å². The van der Waals surface area contributed by atoms with Gasteiger partial charge < -0.3 is 9.84 Å². The van der Waals surface area contributed by atoms with Crippen LogP contribution in [0.25, 0.3) is 0 Å². The summed E-state index contributed by atoms with van der Waals surface area (Å²) in [5, 5.41) is 9.75. The van der Waals surface area contributed by atoms with Gasteiger partial charge in [-0.3, -0.25) is 9.69 Å². The SMILES string of the molecule is CCOc1ccc(C(c2ccc(C)cc2)N2CCCCC2C(=O)O)cc1. The maximum absolute atomic E-state index is 11.9. The van der Waals surface area contributed by atoms with Crippen molar-refractivity contribution >= 4 is 5.97 Å². The van der Waals surface area contributed by atoms with Gasteiger partial charge >= 0.3 is 5.97 Å². The zero-order valence-corrected chi connectivity index (χ0v) is 15.5. The predicted octanol–water partition coefficient (Wildman–Crippen LogP) is 4.42. The van der Waals surface area contributed by atoms with Crippen LogP contribution in [0.4, 0.5) is 0 Å². The molecule has 1 aliphatic rings. The summed E-state index contributed by atoms with van der Waals surface area (Å²) in [6.07, 6.45) is 2.70. The van der Waals surface area contributed by atoms with Crippen LogP contribution >= 0.6 is 0 Å². The van der Waals surface area contributed by atoms with E-state index in [-0.39, 0.29) is 6.04 Å². The minimum Gasteiger partial charge on any atom is -0.494 e. The molecule has 1 saturated heterocycles. The van der Waals surface area contributed by atoms with Gasteiger partial charge in [-0.1, -0.05) is 48.4 Å². The highest BCUT2D eigenvalue weighted by atomic mass is 16.5. The first kappa shape index (κ1) is 18.5. The fraction of sp³-hybridized carbons (Fsp3) is 0.409. The number of ether oxygens (including phenoxy) is 1. The highest BCUT2D eigenvalue weighted by Crippen LogP contribution is 2.35. The summed E-state index contributed by atoms with van der Waals surface area (Å²) >= 11 is 0. The molecule has 138 valence electrons. The third-order valence-electron chi connectivity index (χ3n) is 5.06. The van der Waals surface area contributed by atoms with E-state index >= 15 is 0 Å². The summed E-state index contributed by atoms with van der Waals surface area (Å²) in [5.41, 5.74) is 3.44. The lowest BCUT2D eigenvalue weighted by Crippen LogP contribution is -2.46. The Hall–Kier alpha value is -2.33. The molecule has 1 fully saturated rings. The number of hydrogen-bond donors (Lipinski definition) is 1. The first-order valence-corrected chi connectivity index (χ1v) is 9.38. The van der Waals surface area contributed by atoms with Crippen molar-refractivity contribution in [3.63, 3.8) is 0 Å². The van der Waals surface area contributed by atoms with Gasteiger partial charge in [0.15, 0.2) is 0 Å². The zero-order chi connectivity index (χ0) is 18.5. The molecule has 2 aromatic rings. The molecule has 4 nitrogen and oxygen atoms in total. The molecule has 0 bridgehead atoms. The minimum atomic E-state index is -0.729. The number of benzene rings is 2. The lowest BCUT2D eigenvalue weighted by molar-refractivity contribution is -0.145. The van der Waals surface area contributed by atoms with Gasteiger partial charge in [-0.15, -0.1) is 0 Å². The third kappa shape index (κ3) is 4.07. The van der Waals surface area contributed by atoms with E-state index in [4.69, 9.17) is 4.74 Å². The van der Waals surface area contributed by atoms with Crippen molar-refractivity contribution in [1.82, 2.24) is 4.90 Å². The van der Waals surface area contributed by atoms with E-state index in [1.807, 2.05) is 19.1 Å². The summed E-state index contributed by atoms with van der Waals surface area (Å²) in [4.78, 5) is 14.0. The summed E-state index contributed by atoms with van der Waals surface area (Å²) in [7, 11) is 0. The summed E-state index contributed by atoms with van der Waals surface area (Å²) in [5.74, 6) is 0.111. The van der Waals surface area contributed by atoms with Crippen molar-refractivity contribution in [2.24, 2.45) is 0 Å². The van der Waals surface area contributed by atoms with Crippen molar-refractivity contribution in [3.8, 4) is 5.75 Å². The van der Waals surface area contributed by atoms with Crippen molar-refractivity contribution in [2.75, 3.05) is 13.2 Å². The Kier molecular flexibility index (Phi) is 5.94. The van der Waals surface area contributed by atoms with E-state index in [1.54, 1.807) is 0 Å². The van der Waals surface area contributed by atoms with Gasteiger partial charge in [-0.25, -0.2) is 0 Å². The van der Waals surface area contributed by atoms with Crippen LogP contribution in [0.15, 0.2) is 48.5 Å². The molecule has 26 heavy (non-hydrogen) atoms. The molecule has 2 aromatic carbocycles. The molecule has 2 unspecified atom stereocenters. The Morgan fingerprint density at radius 1 is 1.12 bits per heavy atom. The summed E-state index contributed by atoms with van der Waals surface area (Å²) < 4.78 is 5.56. The highest BCUT2D eigenvalue weighted by Gasteiger charge is 2.35. The number of carbonyl (C=O) groups is 1. The van der Waals surface area contributed by atoms with Crippen LogP contribution in [0.5, 0.6) is 5.75 Å². The number of hydrogen-bond acceptors (Lipinski definition) is 3. The molecule has 0 amide bonds. The van der Waals surface area contributed by atoms with Gasteiger partial charge in [0.2, 0.25) is 0 Å². The van der Waals surface area contributed by atoms with Gasteiger partial charge in [0, 0.05) is 0 Å². The van der Waals surface area contributed by atoms with E-state index in [0.717, 1.165) is 36.3 Å². The average molecular weight is 353 g/mol. The van der Waals surface area contributed by atoms with Crippen LogP contribution in [-0.2, 0) is 4.79 Å². The molecule has 3 rings (SSSR count). The normalized spacial score (nSPS) is 19.1. The number of aryl methyl sites for hydroxylation is 1. The first-order valence-electron chi connectivity index (χ1n) is 9.38. The molecular formula is C22H27NO3. The number of nitrogens with zero attached hydrogens (tertiary/aromatic N) is 1. The topological polar surface area (TPSA) is 49.8 Å². The maximum Gasteiger partial charge on any atom is 0.320 e. The standard InChI is InChI=1S/C22H27NO3/c1-3-26-19-13-11-18(12-14-19)21(17-9-7-16(2)8-10-17)23-15-5-4-6-20(23)22(24)25/h7-14,20-21H,3-6,15H2,1-2H3,(H,24,25). The Labute approximate surface area is 155 Å². The van der Waals surface area contributed by atoms with E-state index in [1.165, 1.54) is 5.56 Å². The maximum atomic E-state index is 11.9. The molecule has 0 saturated carbocycles. The van der Waals surface area contributed by atoms with Gasteiger partial charge in [-0.05, 0) is 56.5 Å². The lowest BCUT2D eigenvalue weighted by Gasteiger charge is -2.39. The van der Waals surface area contributed by atoms with Crippen LogP contribution in [0.3, 0.4) is 0 Å². The van der Waals surface area contributed by atoms with Gasteiger partial charge in [-0.2, -0.15) is 0 Å². The Bertz CT molecular complexity index is 724. The molecular weight excluding hydrogens is 326 g/mol. The number of rotatable bonds is 6. The molecule has 0 spiro atoms. The second-order valence-corrected chi connectivity index (χ2v) is 6.90. The lowest BCUT2D eigenvalue weighted by atomic mass is 9.91. The van der Waals surface area contributed by atoms with Crippen LogP contribution in [0, 0.1) is 6.92 Å². The van der Waals surface area contributed by atoms with Crippen molar-refractivity contribution in [3.05, 3.63) is 65.2 Å². The number of likely N-dealkylation sites (tertiary alicyclic amines) is 1. The van der Waals surface area contributed by atoms with Crippen LogP contribution in [-0.4, -0.2) is 35.2 Å². The van der Waals surface area contributed by atoms with Gasteiger partial charge in [0.05, 0.1) is 12.6 Å². The van der Waals surface area contributed by atoms with E-state index < -0.39 is 12.0 Å². The van der Waals surface area contributed by atoms with Crippen molar-refractivity contribution in [2.45, 2.75) is 45.2 Å². The van der Waals surface area contributed by atoms with Gasteiger partial charge in [0.1, 0.15) is 11.8 Å². The van der Waals surface area contributed by atoms with E-state index in [2.05, 4.69) is 48.2 Å². The smallest absolute Gasteiger partial charge is 0.320 e. The largest absolute Gasteiger partial charge is 0.494 e. The Morgan fingerprint density at radius 3 is 2.31 bits per heavy atom. The van der Waals surface area contributed by atoms with Crippen molar-refractivity contribution in [1.29, 1.82) is 0 Å². The number of piperidine rings is 1. The molecule has 0 radical (unpaired) electrons. The number of carboxylic acid groups (broad SMARTS) is 1. The first-order chi connectivity index (χ1) is 12.6. The third-order valence-corrected chi connectivity index (χ3v) is 5.06. The molecule has 1 N–H and O–H groups in total. The zero-order valence-electron chi connectivity index (χ0n) is 15.5. The second-order valence-electron chi connectivity index (χ2n) is 6.90. The summed E-state index contributed by atoms with van der Waals surface area (Å²) in [6, 6.07) is 16.0. The minimum absolute atomic E-state index is 0.0623. The monoisotopic (exact) mass is 353 g/mol. The highest BCUT2D eigenvalue weighted by molar-refractivity contribution is 5.73. The van der Waals surface area contributed by atoms with E-state index in [9.17, 15) is 9.90 Å². The molecule has 0 aliphatic carbocycles. The number of carboxylic acids is 1. The molecule has 0 aromatic heterocycles. The number of aliphatic carboxylic acids is 1. The molecule has 4 heteroatoms. The van der Waals surface area contributed by atoms with Crippen molar-refractivity contribution < 1.29 is 14.6 Å². The predicted molar refractivity (Wildman–Crippen MR) is 103 cm³/mol. The van der Waals surface area contributed by atoms with Gasteiger partial charge in [0.25, 0.3) is 0 Å². The van der Waals surface area contributed by atoms with Crippen LogP contribution in [0.2, 0.25) is 0 Å². The molecule has 1 heterocycles. The molecule has 1 aliphatic heterocycles.